The van der Waals surface area contributed by atoms with Crippen LogP contribution < -0.4 is 0 Å². The van der Waals surface area contributed by atoms with Gasteiger partial charge in [-0.2, -0.15) is 0 Å². The van der Waals surface area contributed by atoms with Crippen LogP contribution in [-0.2, 0) is 6.42 Å². The fourth-order valence-corrected chi connectivity index (χ4v) is 7.32. The normalized spacial score (nSPS) is 41.7. The monoisotopic (exact) mass is 350 g/mol. The number of hydrogen-bond acceptors (Lipinski definition) is 1. The highest BCUT2D eigenvalue weighted by Gasteiger charge is 2.56. The summed E-state index contributed by atoms with van der Waals surface area (Å²) in [6.45, 7) is 7.37. The average Bonchev–Trinajstić information content (AvgIpc) is 3.24. The van der Waals surface area contributed by atoms with Crippen molar-refractivity contribution in [3.8, 4) is 0 Å². The van der Waals surface area contributed by atoms with E-state index in [0.717, 1.165) is 24.2 Å². The fourth-order valence-electron chi connectivity index (χ4n) is 7.32. The molecule has 0 radical (unpaired) electrons. The van der Waals surface area contributed by atoms with Gasteiger partial charge in [0.25, 0.3) is 0 Å². The van der Waals surface area contributed by atoms with Gasteiger partial charge in [0.15, 0.2) is 0 Å². The van der Waals surface area contributed by atoms with Crippen molar-refractivity contribution in [2.45, 2.75) is 78.6 Å². The van der Waals surface area contributed by atoms with Gasteiger partial charge in [0.1, 0.15) is 0 Å². The molecule has 1 heterocycles. The van der Waals surface area contributed by atoms with Gasteiger partial charge in [0, 0.05) is 17.3 Å². The molecule has 0 bridgehead atoms. The molecule has 5 atom stereocenters. The molecular formula is C24H34N2. The van der Waals surface area contributed by atoms with Gasteiger partial charge in [-0.1, -0.05) is 44.9 Å². The predicted octanol–water partition coefficient (Wildman–Crippen LogP) is 6.25. The van der Waals surface area contributed by atoms with Gasteiger partial charge in [-0.25, -0.2) is 4.98 Å². The average molecular weight is 351 g/mol. The van der Waals surface area contributed by atoms with E-state index >= 15 is 0 Å². The van der Waals surface area contributed by atoms with E-state index in [0.29, 0.717) is 10.8 Å². The lowest BCUT2D eigenvalue weighted by Crippen LogP contribution is -2.49. The summed E-state index contributed by atoms with van der Waals surface area (Å²) in [4.78, 5) is 4.61. The highest BCUT2D eigenvalue weighted by Crippen LogP contribution is 2.65. The van der Waals surface area contributed by atoms with Gasteiger partial charge in [-0.05, 0) is 74.5 Å². The van der Waals surface area contributed by atoms with Crippen LogP contribution in [0.4, 0.5) is 0 Å². The summed E-state index contributed by atoms with van der Waals surface area (Å²) in [5, 5.41) is 0. The Balaban J connectivity index is 1.47. The first kappa shape index (κ1) is 16.8. The van der Waals surface area contributed by atoms with E-state index in [2.05, 4.69) is 55.0 Å². The molecule has 0 amide bonds. The number of imidazole rings is 1. The van der Waals surface area contributed by atoms with Crippen molar-refractivity contribution in [2.75, 3.05) is 0 Å². The standard InChI is InChI=1S/C24H34N2/c1-4-18-15-26(16-25-18)22-11-10-20-19-9-8-17-7-5-6-13-23(17,2)21(19)12-14-24(20,22)3/h8,11,15-16,19-21H,4-7,9-10,12-14H2,1-3H3/t19?,20?,21?,23-,24-/m0/s1. The minimum Gasteiger partial charge on any atom is -0.310 e. The van der Waals surface area contributed by atoms with E-state index in [9.17, 15) is 0 Å². The molecule has 3 unspecified atom stereocenters. The lowest BCUT2D eigenvalue weighted by Gasteiger charge is -2.57. The van der Waals surface area contributed by atoms with Crippen LogP contribution >= 0.6 is 0 Å². The zero-order valence-corrected chi connectivity index (χ0v) is 16.8. The third-order valence-electron chi connectivity index (χ3n) is 8.83. The van der Waals surface area contributed by atoms with Crippen molar-refractivity contribution >= 4 is 5.70 Å². The maximum atomic E-state index is 4.61. The van der Waals surface area contributed by atoms with Gasteiger partial charge in [0.05, 0.1) is 12.0 Å². The molecule has 1 aromatic rings. The van der Waals surface area contributed by atoms with Crippen molar-refractivity contribution in [1.82, 2.24) is 9.55 Å². The number of nitrogens with zero attached hydrogens (tertiary/aromatic N) is 2. The Morgan fingerprint density at radius 1 is 1.08 bits per heavy atom. The van der Waals surface area contributed by atoms with Gasteiger partial charge >= 0.3 is 0 Å². The summed E-state index contributed by atoms with van der Waals surface area (Å²) in [5.41, 5.74) is 5.42. The molecule has 0 N–H and O–H groups in total. The van der Waals surface area contributed by atoms with Crippen LogP contribution in [0.15, 0.2) is 30.2 Å². The van der Waals surface area contributed by atoms with Crippen LogP contribution in [0, 0.1) is 28.6 Å². The summed E-state index contributed by atoms with van der Waals surface area (Å²) in [7, 11) is 0. The number of fused-ring (bicyclic) bond motifs is 5. The van der Waals surface area contributed by atoms with E-state index in [1.165, 1.54) is 62.8 Å². The first-order valence-corrected chi connectivity index (χ1v) is 11.0. The molecule has 4 aliphatic rings. The molecule has 2 heteroatoms. The molecule has 0 aliphatic heterocycles. The molecular weight excluding hydrogens is 316 g/mol. The van der Waals surface area contributed by atoms with Crippen molar-refractivity contribution in [3.05, 3.63) is 35.9 Å². The van der Waals surface area contributed by atoms with Crippen LogP contribution in [0.2, 0.25) is 0 Å². The number of aromatic nitrogens is 2. The highest BCUT2D eigenvalue weighted by molar-refractivity contribution is 5.57. The van der Waals surface area contributed by atoms with Crippen LogP contribution in [0.25, 0.3) is 5.70 Å². The molecule has 0 spiro atoms. The molecule has 4 aliphatic carbocycles. The third kappa shape index (κ3) is 2.20. The molecule has 0 saturated heterocycles. The molecule has 0 aromatic carbocycles. The zero-order valence-electron chi connectivity index (χ0n) is 16.8. The number of hydrogen-bond donors (Lipinski definition) is 0. The largest absolute Gasteiger partial charge is 0.310 e. The molecule has 2 nitrogen and oxygen atoms in total. The molecule has 26 heavy (non-hydrogen) atoms. The maximum Gasteiger partial charge on any atom is 0.0992 e. The van der Waals surface area contributed by atoms with Crippen LogP contribution in [0.1, 0.15) is 77.8 Å². The Hall–Kier alpha value is -1.31. The SMILES string of the molecule is CCc1cn(C2=CCC3C4CC=C5CCCC[C@]5(C)C4CC[C@]23C)cn1. The first-order chi connectivity index (χ1) is 12.6. The summed E-state index contributed by atoms with van der Waals surface area (Å²) in [5.74, 6) is 2.62. The van der Waals surface area contributed by atoms with Crippen molar-refractivity contribution in [3.63, 3.8) is 0 Å². The Bertz CT molecular complexity index is 769. The fraction of sp³-hybridized carbons (Fsp3) is 0.708. The number of rotatable bonds is 2. The summed E-state index contributed by atoms with van der Waals surface area (Å²) in [6, 6.07) is 0. The van der Waals surface area contributed by atoms with E-state index in [-0.39, 0.29) is 0 Å². The molecule has 140 valence electrons. The van der Waals surface area contributed by atoms with Gasteiger partial charge in [-0.3, -0.25) is 0 Å². The third-order valence-corrected chi connectivity index (χ3v) is 8.83. The van der Waals surface area contributed by atoms with E-state index in [1.54, 1.807) is 0 Å². The summed E-state index contributed by atoms with van der Waals surface area (Å²) in [6.07, 6.45) is 21.6. The Kier molecular flexibility index (Phi) is 3.78. The topological polar surface area (TPSA) is 17.8 Å². The minimum atomic E-state index is 0.337. The second-order valence-electron chi connectivity index (χ2n) is 9.87. The second kappa shape index (κ2) is 5.84. The minimum absolute atomic E-state index is 0.337. The lowest BCUT2D eigenvalue weighted by atomic mass is 9.48. The molecule has 5 rings (SSSR count). The summed E-state index contributed by atoms with van der Waals surface area (Å²) < 4.78 is 2.35. The second-order valence-corrected chi connectivity index (χ2v) is 9.87. The highest BCUT2D eigenvalue weighted by atomic mass is 15.1. The molecule has 1 aromatic heterocycles. The van der Waals surface area contributed by atoms with Crippen LogP contribution in [-0.4, -0.2) is 9.55 Å². The number of allylic oxidation sites excluding steroid dienone is 4. The van der Waals surface area contributed by atoms with Gasteiger partial charge in [-0.15, -0.1) is 0 Å². The summed E-state index contributed by atoms with van der Waals surface area (Å²) >= 11 is 0. The van der Waals surface area contributed by atoms with E-state index < -0.39 is 0 Å². The van der Waals surface area contributed by atoms with Crippen molar-refractivity contribution in [1.29, 1.82) is 0 Å². The van der Waals surface area contributed by atoms with Crippen LogP contribution in [0.3, 0.4) is 0 Å². The molecule has 2 fully saturated rings. The van der Waals surface area contributed by atoms with Crippen molar-refractivity contribution in [2.24, 2.45) is 28.6 Å². The Morgan fingerprint density at radius 3 is 2.77 bits per heavy atom. The van der Waals surface area contributed by atoms with Gasteiger partial charge in [0.2, 0.25) is 0 Å². The number of aryl methyl sites for hydroxylation is 1. The molecule has 2 saturated carbocycles. The van der Waals surface area contributed by atoms with Gasteiger partial charge < -0.3 is 4.57 Å². The zero-order chi connectivity index (χ0) is 17.9. The van der Waals surface area contributed by atoms with E-state index in [4.69, 9.17) is 0 Å². The smallest absolute Gasteiger partial charge is 0.0992 e. The Labute approximate surface area is 158 Å². The lowest BCUT2D eigenvalue weighted by molar-refractivity contribution is -0.0113. The van der Waals surface area contributed by atoms with Crippen LogP contribution in [0.5, 0.6) is 0 Å². The first-order valence-electron chi connectivity index (χ1n) is 11.0. The van der Waals surface area contributed by atoms with E-state index in [1.807, 2.05) is 5.57 Å². The quantitative estimate of drug-likeness (QED) is 0.576. The maximum absolute atomic E-state index is 4.61. The van der Waals surface area contributed by atoms with Crippen molar-refractivity contribution < 1.29 is 0 Å². The predicted molar refractivity (Wildman–Crippen MR) is 108 cm³/mol. The Morgan fingerprint density at radius 2 is 1.96 bits per heavy atom.